The molecule has 2 heterocycles. The van der Waals surface area contributed by atoms with E-state index >= 15 is 0 Å². The van der Waals surface area contributed by atoms with Gasteiger partial charge in [0.1, 0.15) is 5.72 Å². The van der Waals surface area contributed by atoms with Gasteiger partial charge in [0.2, 0.25) is 0 Å². The normalized spacial score (nSPS) is 30.4. The van der Waals surface area contributed by atoms with Gasteiger partial charge < -0.3 is 10.1 Å². The van der Waals surface area contributed by atoms with Gasteiger partial charge in [-0.25, -0.2) is 0 Å². The largest absolute Gasteiger partial charge is 0.354 e. The Morgan fingerprint density at radius 3 is 2.18 bits per heavy atom. The summed E-state index contributed by atoms with van der Waals surface area (Å²) in [6, 6.07) is 0. The standard InChI is InChI=1S/C14H28N2O/c1-5-13(6-2)12(3,4)11-16-14(17-13)7-9-15-10-8-14/h15-16H,5-11H2,1-4H3. The second-order valence-electron chi connectivity index (χ2n) is 6.29. The SMILES string of the molecule is CCC1(CC)OC2(CCNCC2)NCC1(C)C. The zero-order valence-electron chi connectivity index (χ0n) is 11.9. The first-order chi connectivity index (χ1) is 7.99. The zero-order valence-corrected chi connectivity index (χ0v) is 11.9. The molecular weight excluding hydrogens is 212 g/mol. The van der Waals surface area contributed by atoms with E-state index in [0.717, 1.165) is 45.3 Å². The third-order valence-electron chi connectivity index (χ3n) is 5.03. The van der Waals surface area contributed by atoms with Crippen LogP contribution in [-0.2, 0) is 4.74 Å². The minimum absolute atomic E-state index is 0.0373. The van der Waals surface area contributed by atoms with Crippen LogP contribution in [0.2, 0.25) is 0 Å². The lowest BCUT2D eigenvalue weighted by Crippen LogP contribution is -2.69. The lowest BCUT2D eigenvalue weighted by Gasteiger charge is -2.58. The van der Waals surface area contributed by atoms with Crippen LogP contribution < -0.4 is 10.6 Å². The third-order valence-corrected chi connectivity index (χ3v) is 5.03. The summed E-state index contributed by atoms with van der Waals surface area (Å²) >= 11 is 0. The topological polar surface area (TPSA) is 33.3 Å². The van der Waals surface area contributed by atoms with E-state index < -0.39 is 0 Å². The molecule has 0 saturated carbocycles. The molecule has 2 aliphatic rings. The Hall–Kier alpha value is -0.120. The monoisotopic (exact) mass is 240 g/mol. The van der Waals surface area contributed by atoms with Gasteiger partial charge >= 0.3 is 0 Å². The Balaban J connectivity index is 2.22. The van der Waals surface area contributed by atoms with Crippen molar-refractivity contribution in [1.82, 2.24) is 10.6 Å². The maximum atomic E-state index is 6.66. The van der Waals surface area contributed by atoms with Crippen molar-refractivity contribution in [2.45, 2.75) is 64.7 Å². The highest BCUT2D eigenvalue weighted by Crippen LogP contribution is 2.46. The molecule has 2 N–H and O–H groups in total. The maximum Gasteiger partial charge on any atom is 0.122 e. The maximum absolute atomic E-state index is 6.66. The van der Waals surface area contributed by atoms with Crippen LogP contribution in [0.15, 0.2) is 0 Å². The van der Waals surface area contributed by atoms with Gasteiger partial charge in [0, 0.05) is 24.8 Å². The average Bonchev–Trinajstić information content (AvgIpc) is 2.34. The summed E-state index contributed by atoms with van der Waals surface area (Å²) in [5, 5.41) is 7.11. The third kappa shape index (κ3) is 2.13. The number of rotatable bonds is 2. The summed E-state index contributed by atoms with van der Waals surface area (Å²) in [6.07, 6.45) is 4.39. The van der Waals surface area contributed by atoms with Crippen molar-refractivity contribution in [3.8, 4) is 0 Å². The molecule has 0 aromatic rings. The van der Waals surface area contributed by atoms with Crippen LogP contribution in [0.25, 0.3) is 0 Å². The van der Waals surface area contributed by atoms with Gasteiger partial charge in [-0.3, -0.25) is 5.32 Å². The summed E-state index contributed by atoms with van der Waals surface area (Å²) < 4.78 is 6.66. The van der Waals surface area contributed by atoms with Gasteiger partial charge in [0.05, 0.1) is 5.60 Å². The molecule has 0 aromatic carbocycles. The second-order valence-corrected chi connectivity index (χ2v) is 6.29. The van der Waals surface area contributed by atoms with E-state index in [4.69, 9.17) is 4.74 Å². The lowest BCUT2D eigenvalue weighted by molar-refractivity contribution is -0.261. The highest BCUT2D eigenvalue weighted by molar-refractivity contribution is 5.03. The van der Waals surface area contributed by atoms with Crippen molar-refractivity contribution < 1.29 is 4.74 Å². The molecule has 0 unspecified atom stereocenters. The van der Waals surface area contributed by atoms with Crippen molar-refractivity contribution in [1.29, 1.82) is 0 Å². The highest BCUT2D eigenvalue weighted by atomic mass is 16.5. The van der Waals surface area contributed by atoms with Crippen LogP contribution in [0.5, 0.6) is 0 Å². The molecule has 100 valence electrons. The summed E-state index contributed by atoms with van der Waals surface area (Å²) in [7, 11) is 0. The first-order valence-electron chi connectivity index (χ1n) is 7.15. The quantitative estimate of drug-likeness (QED) is 0.777. The molecule has 17 heavy (non-hydrogen) atoms. The summed E-state index contributed by atoms with van der Waals surface area (Å²) in [5.41, 5.74) is 0.189. The van der Waals surface area contributed by atoms with E-state index in [1.165, 1.54) is 0 Å². The van der Waals surface area contributed by atoms with Gasteiger partial charge in [-0.05, 0) is 25.9 Å². The Morgan fingerprint density at radius 2 is 1.65 bits per heavy atom. The fourth-order valence-corrected chi connectivity index (χ4v) is 3.55. The summed E-state index contributed by atoms with van der Waals surface area (Å²) in [4.78, 5) is 0. The van der Waals surface area contributed by atoms with E-state index in [2.05, 4.69) is 38.3 Å². The zero-order chi connectivity index (χ0) is 12.6. The summed E-state index contributed by atoms with van der Waals surface area (Å²) in [5.74, 6) is 0. The molecule has 0 radical (unpaired) electrons. The molecule has 2 rings (SSSR count). The van der Waals surface area contributed by atoms with E-state index in [-0.39, 0.29) is 16.7 Å². The minimum Gasteiger partial charge on any atom is -0.354 e. The minimum atomic E-state index is -0.0627. The Labute approximate surface area is 106 Å². The van der Waals surface area contributed by atoms with E-state index in [1.54, 1.807) is 0 Å². The van der Waals surface area contributed by atoms with Gasteiger partial charge in [-0.15, -0.1) is 0 Å². The fourth-order valence-electron chi connectivity index (χ4n) is 3.55. The average molecular weight is 240 g/mol. The van der Waals surface area contributed by atoms with Gasteiger partial charge in [-0.1, -0.05) is 27.7 Å². The lowest BCUT2D eigenvalue weighted by atomic mass is 9.69. The van der Waals surface area contributed by atoms with E-state index in [0.29, 0.717) is 0 Å². The molecule has 0 aromatic heterocycles. The van der Waals surface area contributed by atoms with Crippen LogP contribution >= 0.6 is 0 Å². The van der Waals surface area contributed by atoms with Crippen LogP contribution in [-0.4, -0.2) is 31.0 Å². The Kier molecular flexibility index (Phi) is 3.54. The molecule has 0 bridgehead atoms. The van der Waals surface area contributed by atoms with Gasteiger partial charge in [0.15, 0.2) is 0 Å². The highest BCUT2D eigenvalue weighted by Gasteiger charge is 2.53. The van der Waals surface area contributed by atoms with Crippen molar-refractivity contribution in [3.05, 3.63) is 0 Å². The molecule has 3 heteroatoms. The Morgan fingerprint density at radius 1 is 1.06 bits per heavy atom. The molecule has 0 atom stereocenters. The first kappa shape index (κ1) is 13.3. The predicted octanol–water partition coefficient (Wildman–Crippen LogP) is 2.27. The molecule has 2 fully saturated rings. The second kappa shape index (κ2) is 4.52. The van der Waals surface area contributed by atoms with Gasteiger partial charge in [0.25, 0.3) is 0 Å². The number of piperidine rings is 1. The van der Waals surface area contributed by atoms with Crippen molar-refractivity contribution in [3.63, 3.8) is 0 Å². The smallest absolute Gasteiger partial charge is 0.122 e. The molecular formula is C14H28N2O. The summed E-state index contributed by atoms with van der Waals surface area (Å²) in [6.45, 7) is 12.4. The molecule has 3 nitrogen and oxygen atoms in total. The van der Waals surface area contributed by atoms with E-state index in [1.807, 2.05) is 0 Å². The van der Waals surface area contributed by atoms with Crippen LogP contribution in [0.1, 0.15) is 53.4 Å². The first-order valence-corrected chi connectivity index (χ1v) is 7.15. The van der Waals surface area contributed by atoms with Crippen LogP contribution in [0.3, 0.4) is 0 Å². The van der Waals surface area contributed by atoms with Crippen molar-refractivity contribution in [2.75, 3.05) is 19.6 Å². The molecule has 1 spiro atoms. The van der Waals surface area contributed by atoms with Crippen LogP contribution in [0.4, 0.5) is 0 Å². The number of hydrogen-bond acceptors (Lipinski definition) is 3. The number of hydrogen-bond donors (Lipinski definition) is 2. The molecule has 0 amide bonds. The Bertz CT molecular complexity index is 265. The number of nitrogens with one attached hydrogen (secondary N) is 2. The van der Waals surface area contributed by atoms with Crippen LogP contribution in [0, 0.1) is 5.41 Å². The molecule has 0 aliphatic carbocycles. The molecule has 2 aliphatic heterocycles. The van der Waals surface area contributed by atoms with E-state index in [9.17, 15) is 0 Å². The number of ether oxygens (including phenoxy) is 1. The predicted molar refractivity (Wildman–Crippen MR) is 71.0 cm³/mol. The van der Waals surface area contributed by atoms with Crippen molar-refractivity contribution in [2.24, 2.45) is 5.41 Å². The van der Waals surface area contributed by atoms with Gasteiger partial charge in [-0.2, -0.15) is 0 Å². The molecule has 2 saturated heterocycles. The fraction of sp³-hybridized carbons (Fsp3) is 1.00. The van der Waals surface area contributed by atoms with Crippen molar-refractivity contribution >= 4 is 0 Å².